The van der Waals surface area contributed by atoms with Gasteiger partial charge in [0.05, 0.1) is 11.4 Å². The van der Waals surface area contributed by atoms with Crippen molar-refractivity contribution in [3.63, 3.8) is 0 Å². The number of carbonyl (C=O) groups excluding carboxylic acids is 1. The Morgan fingerprint density at radius 3 is 3.06 bits per heavy atom. The van der Waals surface area contributed by atoms with E-state index in [0.29, 0.717) is 13.0 Å². The Balaban J connectivity index is 2.12. The number of pyridine rings is 1. The lowest BCUT2D eigenvalue weighted by Crippen LogP contribution is -2.31. The number of amides is 1. The van der Waals surface area contributed by atoms with Gasteiger partial charge in [0.1, 0.15) is 5.65 Å². The zero-order chi connectivity index (χ0) is 13.1. The molecule has 0 aliphatic rings. The van der Waals surface area contributed by atoms with Gasteiger partial charge < -0.3 is 15.5 Å². The van der Waals surface area contributed by atoms with Crippen molar-refractivity contribution in [1.29, 1.82) is 0 Å². The highest BCUT2D eigenvalue weighted by atomic mass is 16.1. The van der Waals surface area contributed by atoms with Gasteiger partial charge in [-0.1, -0.05) is 6.07 Å². The summed E-state index contributed by atoms with van der Waals surface area (Å²) in [5, 5.41) is 3.29. The fourth-order valence-corrected chi connectivity index (χ4v) is 2.02. The minimum Gasteiger partial charge on any atom is -0.370 e. The largest absolute Gasteiger partial charge is 0.370 e. The lowest BCUT2D eigenvalue weighted by Gasteiger charge is -2.12. The second kappa shape index (κ2) is 5.18. The molecule has 0 saturated heterocycles. The number of imidazole rings is 1. The van der Waals surface area contributed by atoms with Crippen LogP contribution < -0.4 is 11.1 Å². The van der Waals surface area contributed by atoms with Gasteiger partial charge in [-0.3, -0.25) is 4.79 Å². The molecule has 0 aromatic carbocycles. The molecular weight excluding hydrogens is 228 g/mol. The van der Waals surface area contributed by atoms with Gasteiger partial charge in [0.25, 0.3) is 0 Å². The van der Waals surface area contributed by atoms with Crippen LogP contribution in [0, 0.1) is 6.92 Å². The maximum absolute atomic E-state index is 10.8. The van der Waals surface area contributed by atoms with Crippen LogP contribution in [-0.4, -0.2) is 21.3 Å². The minimum atomic E-state index is -0.287. The van der Waals surface area contributed by atoms with E-state index in [1.54, 1.807) is 0 Å². The lowest BCUT2D eigenvalue weighted by molar-refractivity contribution is -0.118. The van der Waals surface area contributed by atoms with Gasteiger partial charge in [-0.15, -0.1) is 0 Å². The second-order valence-corrected chi connectivity index (χ2v) is 4.53. The quantitative estimate of drug-likeness (QED) is 0.826. The predicted molar refractivity (Wildman–Crippen MR) is 70.0 cm³/mol. The van der Waals surface area contributed by atoms with E-state index < -0.39 is 0 Å². The van der Waals surface area contributed by atoms with Crippen molar-refractivity contribution < 1.29 is 4.79 Å². The van der Waals surface area contributed by atoms with Crippen LogP contribution in [0.5, 0.6) is 0 Å². The van der Waals surface area contributed by atoms with E-state index in [-0.39, 0.29) is 11.9 Å². The maximum Gasteiger partial charge on any atom is 0.218 e. The Kier molecular flexibility index (Phi) is 3.62. The second-order valence-electron chi connectivity index (χ2n) is 4.53. The number of hydrogen-bond donors (Lipinski definition) is 2. The molecule has 0 bridgehead atoms. The average molecular weight is 246 g/mol. The summed E-state index contributed by atoms with van der Waals surface area (Å²) in [6.07, 6.45) is 2.33. The molecule has 0 aliphatic heterocycles. The SMILES string of the molecule is Cc1nc2ccccn2c1CNC(C)CC(N)=O. The average Bonchev–Trinajstić information content (AvgIpc) is 2.61. The summed E-state index contributed by atoms with van der Waals surface area (Å²) in [4.78, 5) is 15.3. The predicted octanol–water partition coefficient (Wildman–Crippen LogP) is 0.996. The molecule has 0 spiro atoms. The molecule has 0 radical (unpaired) electrons. The van der Waals surface area contributed by atoms with Crippen LogP contribution in [0.1, 0.15) is 24.7 Å². The molecule has 1 amide bonds. The van der Waals surface area contributed by atoms with Gasteiger partial charge in [0.15, 0.2) is 0 Å². The highest BCUT2D eigenvalue weighted by Crippen LogP contribution is 2.11. The maximum atomic E-state index is 10.8. The van der Waals surface area contributed by atoms with Crippen molar-refractivity contribution >= 4 is 11.6 Å². The highest BCUT2D eigenvalue weighted by Gasteiger charge is 2.10. The number of nitrogens with one attached hydrogen (secondary N) is 1. The molecule has 2 aromatic rings. The molecule has 3 N–H and O–H groups in total. The number of rotatable bonds is 5. The van der Waals surface area contributed by atoms with Crippen LogP contribution in [0.15, 0.2) is 24.4 Å². The summed E-state index contributed by atoms with van der Waals surface area (Å²) in [7, 11) is 0. The zero-order valence-corrected chi connectivity index (χ0v) is 10.7. The number of carbonyl (C=O) groups is 1. The molecule has 1 unspecified atom stereocenters. The Bertz CT molecular complexity index is 561. The van der Waals surface area contributed by atoms with Gasteiger partial charge in [0, 0.05) is 25.2 Å². The Hall–Kier alpha value is -1.88. The van der Waals surface area contributed by atoms with E-state index >= 15 is 0 Å². The van der Waals surface area contributed by atoms with E-state index in [2.05, 4.69) is 14.7 Å². The van der Waals surface area contributed by atoms with E-state index in [1.165, 1.54) is 0 Å². The van der Waals surface area contributed by atoms with Gasteiger partial charge >= 0.3 is 0 Å². The van der Waals surface area contributed by atoms with Crippen LogP contribution in [-0.2, 0) is 11.3 Å². The number of aromatic nitrogens is 2. The van der Waals surface area contributed by atoms with Gasteiger partial charge in [-0.25, -0.2) is 4.98 Å². The molecule has 96 valence electrons. The number of hydrogen-bond acceptors (Lipinski definition) is 3. The minimum absolute atomic E-state index is 0.0659. The first-order chi connectivity index (χ1) is 8.58. The molecule has 2 rings (SSSR count). The Morgan fingerprint density at radius 2 is 2.33 bits per heavy atom. The topological polar surface area (TPSA) is 72.4 Å². The van der Waals surface area contributed by atoms with E-state index in [0.717, 1.165) is 17.0 Å². The van der Waals surface area contributed by atoms with E-state index in [1.807, 2.05) is 38.2 Å². The monoisotopic (exact) mass is 246 g/mol. The Morgan fingerprint density at radius 1 is 1.56 bits per heavy atom. The first-order valence-corrected chi connectivity index (χ1v) is 6.02. The van der Waals surface area contributed by atoms with Crippen molar-refractivity contribution in [2.45, 2.75) is 32.9 Å². The summed E-state index contributed by atoms with van der Waals surface area (Å²) in [5.41, 5.74) is 8.22. The van der Waals surface area contributed by atoms with E-state index in [9.17, 15) is 4.79 Å². The first kappa shape index (κ1) is 12.6. The van der Waals surface area contributed by atoms with Crippen molar-refractivity contribution in [3.05, 3.63) is 35.8 Å². The highest BCUT2D eigenvalue weighted by molar-refractivity contribution is 5.74. The molecule has 0 fully saturated rings. The molecule has 18 heavy (non-hydrogen) atoms. The van der Waals surface area contributed by atoms with Gasteiger partial charge in [-0.2, -0.15) is 0 Å². The normalized spacial score (nSPS) is 12.8. The van der Waals surface area contributed by atoms with Crippen LogP contribution in [0.25, 0.3) is 5.65 Å². The number of nitrogens with two attached hydrogens (primary N) is 1. The summed E-state index contributed by atoms with van der Waals surface area (Å²) in [6, 6.07) is 5.99. The molecule has 1 atom stereocenters. The fourth-order valence-electron chi connectivity index (χ4n) is 2.02. The van der Waals surface area contributed by atoms with Crippen LogP contribution in [0.3, 0.4) is 0 Å². The Labute approximate surface area is 106 Å². The van der Waals surface area contributed by atoms with E-state index in [4.69, 9.17) is 5.73 Å². The summed E-state index contributed by atoms with van der Waals surface area (Å²) >= 11 is 0. The molecule has 5 heteroatoms. The molecule has 2 heterocycles. The summed E-state index contributed by atoms with van der Waals surface area (Å²) in [6.45, 7) is 4.61. The summed E-state index contributed by atoms with van der Waals surface area (Å²) in [5.74, 6) is -0.287. The number of primary amides is 1. The van der Waals surface area contributed by atoms with Crippen molar-refractivity contribution in [2.75, 3.05) is 0 Å². The van der Waals surface area contributed by atoms with Gasteiger partial charge in [-0.05, 0) is 26.0 Å². The smallest absolute Gasteiger partial charge is 0.218 e. The third-order valence-corrected chi connectivity index (χ3v) is 2.95. The summed E-state index contributed by atoms with van der Waals surface area (Å²) < 4.78 is 2.05. The van der Waals surface area contributed by atoms with Gasteiger partial charge in [0.2, 0.25) is 5.91 Å². The fraction of sp³-hybridized carbons (Fsp3) is 0.385. The molecule has 0 aliphatic carbocycles. The third-order valence-electron chi connectivity index (χ3n) is 2.95. The standard InChI is InChI=1S/C13H18N4O/c1-9(7-12(14)18)15-8-11-10(2)16-13-5-3-4-6-17(11)13/h3-6,9,15H,7-8H2,1-2H3,(H2,14,18). The van der Waals surface area contributed by atoms with Crippen molar-refractivity contribution in [1.82, 2.24) is 14.7 Å². The van der Waals surface area contributed by atoms with Crippen molar-refractivity contribution in [3.8, 4) is 0 Å². The molecule has 5 nitrogen and oxygen atoms in total. The first-order valence-electron chi connectivity index (χ1n) is 6.02. The third kappa shape index (κ3) is 2.68. The number of aryl methyl sites for hydroxylation is 1. The van der Waals surface area contributed by atoms with Crippen LogP contribution in [0.4, 0.5) is 0 Å². The molecule has 0 saturated carbocycles. The number of nitrogens with zero attached hydrogens (tertiary/aromatic N) is 2. The molecular formula is C13H18N4O. The van der Waals surface area contributed by atoms with Crippen LogP contribution >= 0.6 is 0 Å². The van der Waals surface area contributed by atoms with Crippen LogP contribution in [0.2, 0.25) is 0 Å². The molecule has 2 aromatic heterocycles. The lowest BCUT2D eigenvalue weighted by atomic mass is 10.2. The number of fused-ring (bicyclic) bond motifs is 1. The van der Waals surface area contributed by atoms with Crippen molar-refractivity contribution in [2.24, 2.45) is 5.73 Å². The zero-order valence-electron chi connectivity index (χ0n) is 10.7.